The predicted molar refractivity (Wildman–Crippen MR) is 83.7 cm³/mol. The topological polar surface area (TPSA) is 143 Å². The van der Waals surface area contributed by atoms with Gasteiger partial charge in [0, 0.05) is 18.6 Å². The van der Waals surface area contributed by atoms with Crippen molar-refractivity contribution in [2.45, 2.75) is 25.4 Å². The van der Waals surface area contributed by atoms with Crippen molar-refractivity contribution in [2.75, 3.05) is 39.3 Å². The van der Waals surface area contributed by atoms with Crippen molar-refractivity contribution in [3.05, 3.63) is 0 Å². The Morgan fingerprint density at radius 2 is 1.54 bits per heavy atom. The molecular formula is C15H21N3O8. The van der Waals surface area contributed by atoms with E-state index in [0.29, 0.717) is 6.42 Å². The Hall–Kier alpha value is -2.37. The third kappa shape index (κ3) is 5.58. The molecule has 2 aliphatic heterocycles. The molecule has 0 saturated carbocycles. The number of carbonyl (C=O) groups excluding carboxylic acids is 4. The quantitative estimate of drug-likeness (QED) is 0.347. The lowest BCUT2D eigenvalue weighted by Gasteiger charge is -2.39. The van der Waals surface area contributed by atoms with Gasteiger partial charge in [0.15, 0.2) is 0 Å². The van der Waals surface area contributed by atoms with Gasteiger partial charge in [0.2, 0.25) is 0 Å². The number of aliphatic carboxylic acids is 1. The van der Waals surface area contributed by atoms with Gasteiger partial charge >= 0.3 is 29.8 Å². The molecule has 2 heterocycles. The summed E-state index contributed by atoms with van der Waals surface area (Å²) in [5.41, 5.74) is 0. The lowest BCUT2D eigenvalue weighted by Crippen LogP contribution is -2.60. The van der Waals surface area contributed by atoms with E-state index in [9.17, 15) is 24.0 Å². The second kappa shape index (κ2) is 8.83. The third-order valence-corrected chi connectivity index (χ3v) is 4.15. The van der Waals surface area contributed by atoms with Crippen LogP contribution < -0.4 is 5.32 Å². The summed E-state index contributed by atoms with van der Waals surface area (Å²) in [5.74, 6) is -3.78. The van der Waals surface area contributed by atoms with Gasteiger partial charge in [-0.15, -0.1) is 0 Å². The predicted octanol–water partition coefficient (Wildman–Crippen LogP) is -2.42. The molecule has 0 aromatic carbocycles. The van der Waals surface area contributed by atoms with Crippen LogP contribution >= 0.6 is 0 Å². The minimum Gasteiger partial charge on any atom is -0.480 e. The molecule has 0 radical (unpaired) electrons. The first-order valence-corrected chi connectivity index (χ1v) is 8.17. The molecule has 0 bridgehead atoms. The maximum atomic E-state index is 11.6. The van der Waals surface area contributed by atoms with Crippen molar-refractivity contribution in [1.29, 1.82) is 0 Å². The number of nitrogens with zero attached hydrogens (tertiary/aromatic N) is 2. The van der Waals surface area contributed by atoms with E-state index >= 15 is 0 Å². The van der Waals surface area contributed by atoms with Crippen molar-refractivity contribution < 1.29 is 38.6 Å². The molecule has 2 saturated heterocycles. The summed E-state index contributed by atoms with van der Waals surface area (Å²) in [7, 11) is 0. The van der Waals surface area contributed by atoms with Crippen LogP contribution in [-0.4, -0.2) is 96.1 Å². The number of hydrogen-bond donors (Lipinski definition) is 2. The summed E-state index contributed by atoms with van der Waals surface area (Å²) in [5, 5.41) is 11.8. The fourth-order valence-electron chi connectivity index (χ4n) is 3.17. The summed E-state index contributed by atoms with van der Waals surface area (Å²) >= 11 is 0. The van der Waals surface area contributed by atoms with Crippen LogP contribution in [0.25, 0.3) is 0 Å². The lowest BCUT2D eigenvalue weighted by atomic mass is 10.0. The van der Waals surface area contributed by atoms with E-state index in [1.165, 1.54) is 0 Å². The van der Waals surface area contributed by atoms with E-state index in [0.717, 1.165) is 0 Å². The summed E-state index contributed by atoms with van der Waals surface area (Å²) in [6.07, 6.45) is 0.504. The molecule has 2 atom stereocenters. The maximum absolute atomic E-state index is 11.6. The molecule has 144 valence electrons. The van der Waals surface area contributed by atoms with Gasteiger partial charge in [-0.2, -0.15) is 0 Å². The van der Waals surface area contributed by atoms with E-state index in [4.69, 9.17) is 5.11 Å². The first-order chi connectivity index (χ1) is 12.3. The van der Waals surface area contributed by atoms with E-state index < -0.39 is 35.9 Å². The molecule has 26 heavy (non-hydrogen) atoms. The molecule has 0 amide bonds. The van der Waals surface area contributed by atoms with Gasteiger partial charge in [0.25, 0.3) is 0 Å². The fourth-order valence-corrected chi connectivity index (χ4v) is 3.17. The molecule has 0 aromatic rings. The first-order valence-electron chi connectivity index (χ1n) is 8.17. The summed E-state index contributed by atoms with van der Waals surface area (Å²) in [6, 6.07) is -0.882. The van der Waals surface area contributed by atoms with E-state index in [1.807, 2.05) is 6.92 Å². The second-order valence-corrected chi connectivity index (χ2v) is 6.12. The summed E-state index contributed by atoms with van der Waals surface area (Å²) in [6.45, 7) is 1.25. The minimum absolute atomic E-state index is 0.101. The number of nitrogens with one attached hydrogen (secondary N) is 1. The molecule has 2 aliphatic rings. The van der Waals surface area contributed by atoms with Crippen LogP contribution in [0.15, 0.2) is 0 Å². The van der Waals surface area contributed by atoms with E-state index in [-0.39, 0.29) is 45.3 Å². The Morgan fingerprint density at radius 1 is 1.04 bits per heavy atom. The molecule has 2 unspecified atom stereocenters. The maximum Gasteiger partial charge on any atom is 0.327 e. The first kappa shape index (κ1) is 19.9. The molecule has 0 aromatic heterocycles. The Morgan fingerprint density at radius 3 is 2.00 bits per heavy atom. The average molecular weight is 371 g/mol. The molecule has 11 nitrogen and oxygen atoms in total. The SMILES string of the molecule is CCC(C(CN1CC(=O)OC(=O)C1)NCC(=O)O)N1CC(=O)OC(=O)C1. The number of morpholine rings is 2. The summed E-state index contributed by atoms with van der Waals surface area (Å²) in [4.78, 5) is 60.1. The van der Waals surface area contributed by atoms with Crippen LogP contribution in [0, 0.1) is 0 Å². The van der Waals surface area contributed by atoms with Gasteiger partial charge in [-0.1, -0.05) is 6.92 Å². The van der Waals surface area contributed by atoms with Crippen LogP contribution in [0.4, 0.5) is 0 Å². The molecule has 0 aliphatic carbocycles. The number of rotatable bonds is 8. The van der Waals surface area contributed by atoms with Gasteiger partial charge in [-0.05, 0) is 6.42 Å². The number of esters is 4. The van der Waals surface area contributed by atoms with Gasteiger partial charge in [0.05, 0.1) is 32.7 Å². The van der Waals surface area contributed by atoms with Crippen molar-refractivity contribution in [2.24, 2.45) is 0 Å². The van der Waals surface area contributed by atoms with E-state index in [2.05, 4.69) is 14.8 Å². The van der Waals surface area contributed by atoms with Crippen LogP contribution in [-0.2, 0) is 33.4 Å². The van der Waals surface area contributed by atoms with Crippen molar-refractivity contribution >= 4 is 29.8 Å². The second-order valence-electron chi connectivity index (χ2n) is 6.12. The Kier molecular flexibility index (Phi) is 6.77. The number of carboxylic acid groups (broad SMARTS) is 1. The molecular weight excluding hydrogens is 350 g/mol. The zero-order chi connectivity index (χ0) is 19.3. The normalized spacial score (nSPS) is 21.9. The van der Waals surface area contributed by atoms with Gasteiger partial charge in [-0.3, -0.25) is 33.8 Å². The molecule has 11 heteroatoms. The fraction of sp³-hybridized carbons (Fsp3) is 0.667. The molecule has 0 spiro atoms. The average Bonchev–Trinajstić information content (AvgIpc) is 2.51. The van der Waals surface area contributed by atoms with Gasteiger partial charge < -0.3 is 19.9 Å². The third-order valence-electron chi connectivity index (χ3n) is 4.15. The smallest absolute Gasteiger partial charge is 0.327 e. The van der Waals surface area contributed by atoms with Crippen molar-refractivity contribution in [3.8, 4) is 0 Å². The van der Waals surface area contributed by atoms with Crippen LogP contribution in [0.3, 0.4) is 0 Å². The number of hydrogen-bond acceptors (Lipinski definition) is 10. The number of ether oxygens (including phenoxy) is 2. The van der Waals surface area contributed by atoms with E-state index in [1.54, 1.807) is 9.80 Å². The monoisotopic (exact) mass is 371 g/mol. The van der Waals surface area contributed by atoms with Crippen LogP contribution in [0.5, 0.6) is 0 Å². The minimum atomic E-state index is -1.08. The summed E-state index contributed by atoms with van der Waals surface area (Å²) < 4.78 is 8.99. The van der Waals surface area contributed by atoms with Gasteiger partial charge in [0.1, 0.15) is 0 Å². The van der Waals surface area contributed by atoms with Crippen molar-refractivity contribution in [3.63, 3.8) is 0 Å². The number of carbonyl (C=O) groups is 5. The highest BCUT2D eigenvalue weighted by atomic mass is 16.6. The zero-order valence-corrected chi connectivity index (χ0v) is 14.3. The standard InChI is InChI=1S/C15H21N3O8/c1-2-10(18-7-14(23)26-15(24)8-18)9(16-3-11(19)20)4-17-5-12(21)25-13(22)6-17/h9-10,16H,2-8H2,1H3,(H,19,20). The zero-order valence-electron chi connectivity index (χ0n) is 14.3. The highest BCUT2D eigenvalue weighted by Crippen LogP contribution is 2.15. The van der Waals surface area contributed by atoms with Crippen LogP contribution in [0.1, 0.15) is 13.3 Å². The Balaban J connectivity index is 2.13. The van der Waals surface area contributed by atoms with Crippen LogP contribution in [0.2, 0.25) is 0 Å². The molecule has 2 N–H and O–H groups in total. The van der Waals surface area contributed by atoms with Gasteiger partial charge in [-0.25, -0.2) is 0 Å². The Bertz CT molecular complexity index is 576. The van der Waals surface area contributed by atoms with Crippen molar-refractivity contribution in [1.82, 2.24) is 15.1 Å². The number of cyclic esters (lactones) is 4. The molecule has 2 rings (SSSR count). The number of carboxylic acids is 1. The highest BCUT2D eigenvalue weighted by Gasteiger charge is 2.36. The highest BCUT2D eigenvalue weighted by molar-refractivity contribution is 5.90. The lowest BCUT2D eigenvalue weighted by molar-refractivity contribution is -0.168. The molecule has 2 fully saturated rings. The Labute approximate surface area is 149 Å². The largest absolute Gasteiger partial charge is 0.480 e.